The molecule has 0 bridgehead atoms. The molecule has 1 amide bonds. The van der Waals surface area contributed by atoms with Crippen molar-refractivity contribution in [3.8, 4) is 0 Å². The maximum Gasteiger partial charge on any atom is 0.417 e. The Balaban J connectivity index is 2.12. The van der Waals surface area contributed by atoms with Crippen molar-refractivity contribution in [2.45, 2.75) is 37.6 Å². The number of benzene rings is 1. The Morgan fingerprint density at radius 1 is 1.18 bits per heavy atom. The molecule has 9 nitrogen and oxygen atoms in total. The molecule has 1 aromatic carbocycles. The lowest BCUT2D eigenvalue weighted by atomic mass is 10.2. The summed E-state index contributed by atoms with van der Waals surface area (Å²) in [6.45, 7) is 2.01. The molecule has 0 aliphatic rings. The van der Waals surface area contributed by atoms with Crippen molar-refractivity contribution >= 4 is 27.6 Å². The van der Waals surface area contributed by atoms with E-state index < -0.39 is 51.8 Å². The standard InChI is InChI=1S/C20H22F3N3O6S/c1-12-5-7-15(33(30,31)25(3)4)9-16(12)24-19(29)13(2)32-18(28)11-26-10-14(20(21,22)23)6-8-17(26)27/h5-10,13H,11H2,1-4H3,(H,24,29). The van der Waals surface area contributed by atoms with Crippen LogP contribution in [0.4, 0.5) is 18.9 Å². The first-order valence-electron chi connectivity index (χ1n) is 9.44. The van der Waals surface area contributed by atoms with E-state index in [0.29, 0.717) is 28.5 Å². The van der Waals surface area contributed by atoms with E-state index in [4.69, 9.17) is 4.74 Å². The second kappa shape index (κ2) is 9.75. The average molecular weight is 489 g/mol. The number of nitrogens with zero attached hydrogens (tertiary/aromatic N) is 2. The molecule has 0 saturated carbocycles. The molecule has 1 atom stereocenters. The zero-order valence-electron chi connectivity index (χ0n) is 18.1. The summed E-state index contributed by atoms with van der Waals surface area (Å²) in [6, 6.07) is 5.37. The van der Waals surface area contributed by atoms with Gasteiger partial charge in [-0.2, -0.15) is 13.2 Å². The van der Waals surface area contributed by atoms with Gasteiger partial charge in [-0.1, -0.05) is 6.07 Å². The van der Waals surface area contributed by atoms with Crippen molar-refractivity contribution in [1.82, 2.24) is 8.87 Å². The summed E-state index contributed by atoms with van der Waals surface area (Å²) in [6.07, 6.45) is -5.61. The first kappa shape index (κ1) is 26.1. The number of rotatable bonds is 7. The topological polar surface area (TPSA) is 115 Å². The molecular weight excluding hydrogens is 467 g/mol. The summed E-state index contributed by atoms with van der Waals surface area (Å²) in [5, 5.41) is 2.45. The van der Waals surface area contributed by atoms with E-state index in [9.17, 15) is 36.0 Å². The Hall–Kier alpha value is -3.19. The number of hydrogen-bond donors (Lipinski definition) is 1. The van der Waals surface area contributed by atoms with Gasteiger partial charge >= 0.3 is 12.1 Å². The Kier molecular flexibility index (Phi) is 7.70. The van der Waals surface area contributed by atoms with Crippen molar-refractivity contribution in [3.05, 3.63) is 58.0 Å². The molecule has 0 fully saturated rings. The number of carbonyl (C=O) groups excluding carboxylic acids is 2. The highest BCUT2D eigenvalue weighted by Gasteiger charge is 2.31. The van der Waals surface area contributed by atoms with Crippen LogP contribution in [0.3, 0.4) is 0 Å². The summed E-state index contributed by atoms with van der Waals surface area (Å²) in [4.78, 5) is 36.2. The van der Waals surface area contributed by atoms with Gasteiger partial charge in [0.2, 0.25) is 10.0 Å². The molecule has 2 aromatic rings. The zero-order valence-corrected chi connectivity index (χ0v) is 19.0. The predicted octanol–water partition coefficient (Wildman–Crippen LogP) is 2.00. The lowest BCUT2D eigenvalue weighted by Gasteiger charge is -2.17. The number of esters is 1. The Morgan fingerprint density at radius 2 is 1.82 bits per heavy atom. The number of aryl methyl sites for hydroxylation is 1. The van der Waals surface area contributed by atoms with Crippen molar-refractivity contribution < 1.29 is 35.9 Å². The molecule has 0 spiro atoms. The van der Waals surface area contributed by atoms with Gasteiger partial charge in [0.05, 0.1) is 10.5 Å². The highest BCUT2D eigenvalue weighted by Crippen LogP contribution is 2.28. The lowest BCUT2D eigenvalue weighted by Crippen LogP contribution is -2.33. The average Bonchev–Trinajstić information content (AvgIpc) is 2.69. The van der Waals surface area contributed by atoms with Crippen LogP contribution in [0.1, 0.15) is 18.1 Å². The summed E-state index contributed by atoms with van der Waals surface area (Å²) in [5.41, 5.74) is -1.27. The summed E-state index contributed by atoms with van der Waals surface area (Å²) >= 11 is 0. The first-order chi connectivity index (χ1) is 15.1. The van der Waals surface area contributed by atoms with E-state index in [1.807, 2.05) is 0 Å². The Morgan fingerprint density at radius 3 is 2.39 bits per heavy atom. The van der Waals surface area contributed by atoms with Gasteiger partial charge in [0.1, 0.15) is 6.54 Å². The van der Waals surface area contributed by atoms with Crippen LogP contribution in [-0.4, -0.2) is 49.4 Å². The van der Waals surface area contributed by atoms with Crippen molar-refractivity contribution in [3.63, 3.8) is 0 Å². The first-order valence-corrected chi connectivity index (χ1v) is 10.9. The molecule has 1 aromatic heterocycles. The number of carbonyl (C=O) groups is 2. The maximum atomic E-state index is 12.8. The lowest BCUT2D eigenvalue weighted by molar-refractivity contribution is -0.154. The number of aromatic nitrogens is 1. The number of halogens is 3. The second-order valence-electron chi connectivity index (χ2n) is 7.27. The van der Waals surface area contributed by atoms with Crippen LogP contribution < -0.4 is 10.9 Å². The van der Waals surface area contributed by atoms with Gasteiger partial charge in [-0.15, -0.1) is 0 Å². The smallest absolute Gasteiger partial charge is 0.417 e. The van der Waals surface area contributed by atoms with E-state index in [0.717, 1.165) is 4.31 Å². The fourth-order valence-corrected chi connectivity index (χ4v) is 3.52. The summed E-state index contributed by atoms with van der Waals surface area (Å²) < 4.78 is 69.5. The van der Waals surface area contributed by atoms with E-state index in [1.54, 1.807) is 6.92 Å². The predicted molar refractivity (Wildman–Crippen MR) is 112 cm³/mol. The van der Waals surface area contributed by atoms with Gasteiger partial charge in [0.25, 0.3) is 11.5 Å². The summed E-state index contributed by atoms with van der Waals surface area (Å²) in [7, 11) is -1.06. The second-order valence-corrected chi connectivity index (χ2v) is 9.42. The van der Waals surface area contributed by atoms with Gasteiger partial charge in [-0.05, 0) is 37.6 Å². The minimum atomic E-state index is -4.71. The molecule has 2 rings (SSSR count). The molecule has 0 saturated heterocycles. The van der Waals surface area contributed by atoms with Gasteiger partial charge in [0, 0.05) is 32.0 Å². The van der Waals surface area contributed by atoms with E-state index >= 15 is 0 Å². The van der Waals surface area contributed by atoms with Gasteiger partial charge in [-0.3, -0.25) is 14.4 Å². The number of nitrogens with one attached hydrogen (secondary N) is 1. The minimum Gasteiger partial charge on any atom is -0.451 e. The monoisotopic (exact) mass is 489 g/mol. The molecule has 0 aliphatic heterocycles. The van der Waals surface area contributed by atoms with E-state index in [1.165, 1.54) is 39.2 Å². The van der Waals surface area contributed by atoms with Gasteiger partial charge in [0.15, 0.2) is 6.10 Å². The number of anilines is 1. The van der Waals surface area contributed by atoms with Crippen molar-refractivity contribution in [1.29, 1.82) is 0 Å². The van der Waals surface area contributed by atoms with Crippen LogP contribution in [0.25, 0.3) is 0 Å². The third-order valence-electron chi connectivity index (χ3n) is 4.53. The minimum absolute atomic E-state index is 0.0676. The van der Waals surface area contributed by atoms with Crippen LogP contribution in [0.2, 0.25) is 0 Å². The normalized spacial score (nSPS) is 13.0. The molecule has 1 heterocycles. The number of pyridine rings is 1. The highest BCUT2D eigenvalue weighted by atomic mass is 32.2. The van der Waals surface area contributed by atoms with Gasteiger partial charge < -0.3 is 14.6 Å². The zero-order chi connectivity index (χ0) is 25.1. The maximum absolute atomic E-state index is 12.8. The molecule has 13 heteroatoms. The number of amides is 1. The van der Waals surface area contributed by atoms with Crippen LogP contribution >= 0.6 is 0 Å². The number of sulfonamides is 1. The third kappa shape index (κ3) is 6.42. The fourth-order valence-electron chi connectivity index (χ4n) is 2.59. The van der Waals surface area contributed by atoms with Crippen LogP contribution in [0.5, 0.6) is 0 Å². The molecule has 0 radical (unpaired) electrons. The van der Waals surface area contributed by atoms with Gasteiger partial charge in [-0.25, -0.2) is 12.7 Å². The molecule has 1 N–H and O–H groups in total. The van der Waals surface area contributed by atoms with Crippen molar-refractivity contribution in [2.24, 2.45) is 0 Å². The SMILES string of the molecule is Cc1ccc(S(=O)(=O)N(C)C)cc1NC(=O)C(C)OC(=O)Cn1cc(C(F)(F)F)ccc1=O. The number of hydrogen-bond acceptors (Lipinski definition) is 6. The summed E-state index contributed by atoms with van der Waals surface area (Å²) in [5.74, 6) is -1.91. The third-order valence-corrected chi connectivity index (χ3v) is 6.34. The molecule has 1 unspecified atom stereocenters. The molecular formula is C20H22F3N3O6S. The van der Waals surface area contributed by atoms with Crippen LogP contribution in [-0.2, 0) is 37.1 Å². The van der Waals surface area contributed by atoms with Crippen molar-refractivity contribution in [2.75, 3.05) is 19.4 Å². The Bertz CT molecular complexity index is 1220. The number of ether oxygens (including phenoxy) is 1. The Labute approximate surface area is 187 Å². The van der Waals surface area contributed by atoms with Crippen LogP contribution in [0.15, 0.2) is 46.2 Å². The van der Waals surface area contributed by atoms with E-state index in [-0.39, 0.29) is 10.6 Å². The number of alkyl halides is 3. The largest absolute Gasteiger partial charge is 0.451 e. The highest BCUT2D eigenvalue weighted by molar-refractivity contribution is 7.89. The molecule has 0 aliphatic carbocycles. The quantitative estimate of drug-likeness (QED) is 0.595. The van der Waals surface area contributed by atoms with Crippen LogP contribution in [0, 0.1) is 6.92 Å². The molecule has 33 heavy (non-hydrogen) atoms. The van der Waals surface area contributed by atoms with E-state index in [2.05, 4.69) is 5.32 Å². The fraction of sp³-hybridized carbons (Fsp3) is 0.350. The molecule has 180 valence electrons.